The van der Waals surface area contributed by atoms with Gasteiger partial charge in [-0.25, -0.2) is 0 Å². The lowest BCUT2D eigenvalue weighted by atomic mass is 9.85. The maximum Gasteiger partial charge on any atom is 0.245 e. The number of nitrogens with zero attached hydrogens (tertiary/aromatic N) is 3. The lowest BCUT2D eigenvalue weighted by Crippen LogP contribution is -2.59. The predicted molar refractivity (Wildman–Crippen MR) is 189 cm³/mol. The van der Waals surface area contributed by atoms with Crippen LogP contribution in [0.1, 0.15) is 109 Å². The molecule has 1 aliphatic heterocycles. The second kappa shape index (κ2) is 29.2. The molecule has 0 bridgehead atoms. The minimum atomic E-state index is -0.526. The van der Waals surface area contributed by atoms with E-state index in [1.54, 1.807) is 23.8 Å². The van der Waals surface area contributed by atoms with E-state index in [4.69, 9.17) is 4.79 Å². The number of piperidine rings is 1. The van der Waals surface area contributed by atoms with E-state index in [1.807, 2.05) is 74.5 Å². The third-order valence-electron chi connectivity index (χ3n) is 6.62. The summed E-state index contributed by atoms with van der Waals surface area (Å²) >= 11 is 0. The monoisotopic (exact) mass is 626 g/mol. The van der Waals surface area contributed by atoms with E-state index in [0.717, 1.165) is 45.4 Å². The zero-order valence-electron chi connectivity index (χ0n) is 31.1. The molecule has 0 aromatic carbocycles. The van der Waals surface area contributed by atoms with Gasteiger partial charge in [0.15, 0.2) is 0 Å². The molecule has 3 amide bonds. The number of rotatable bonds is 10. The first-order valence-electron chi connectivity index (χ1n) is 16.2. The lowest BCUT2D eigenvalue weighted by molar-refractivity contribution is -0.140. The minimum Gasteiger partial charge on any atom is -0.343 e. The highest BCUT2D eigenvalue weighted by molar-refractivity contribution is 5.90. The molecule has 1 heterocycles. The van der Waals surface area contributed by atoms with E-state index < -0.39 is 6.04 Å². The van der Waals surface area contributed by atoms with E-state index >= 15 is 0 Å². The summed E-state index contributed by atoms with van der Waals surface area (Å²) in [5, 5.41) is 5.99. The van der Waals surface area contributed by atoms with Gasteiger partial charge in [-0.3, -0.25) is 19.3 Å². The molecule has 0 spiro atoms. The first-order valence-corrected chi connectivity index (χ1v) is 16.2. The van der Waals surface area contributed by atoms with Crippen molar-refractivity contribution >= 4 is 24.5 Å². The third kappa shape index (κ3) is 23.9. The van der Waals surface area contributed by atoms with Crippen molar-refractivity contribution in [1.29, 1.82) is 0 Å². The number of hydrogen-bond acceptors (Lipinski definition) is 6. The average Bonchev–Trinajstić information content (AvgIpc) is 2.96. The van der Waals surface area contributed by atoms with Crippen LogP contribution in [-0.4, -0.2) is 104 Å². The lowest BCUT2D eigenvalue weighted by Gasteiger charge is -2.40. The highest BCUT2D eigenvalue weighted by Gasteiger charge is 2.38. The Bertz CT molecular complexity index is 784. The first-order chi connectivity index (χ1) is 20.5. The number of amides is 3. The van der Waals surface area contributed by atoms with E-state index in [-0.39, 0.29) is 29.2 Å². The molecule has 2 N–H and O–H groups in total. The smallest absolute Gasteiger partial charge is 0.245 e. The van der Waals surface area contributed by atoms with Crippen molar-refractivity contribution in [1.82, 2.24) is 25.3 Å². The Morgan fingerprint density at radius 3 is 1.80 bits per heavy atom. The van der Waals surface area contributed by atoms with Crippen molar-refractivity contribution < 1.29 is 19.2 Å². The summed E-state index contributed by atoms with van der Waals surface area (Å²) in [4.78, 5) is 50.3. The quantitative estimate of drug-likeness (QED) is 0.302. The van der Waals surface area contributed by atoms with Crippen molar-refractivity contribution in [3.8, 4) is 0 Å². The standard InChI is InChI=1S/C21H39N3O2.C6H13NO.C4H9N.C3H8.CH2O/c1-15(2)12-14-23(8)20(26)18(21(5,6)7)22-19(25)17-11-9-10-13-24(17)16(3)4;1-4-7(5-2)6(3)8;1-3-4-5-2;1-3-2;1-2/h12,16-18H,9-11,13-14H2,1-8H3,(H,22,25);4-5H2,1-3H3;3,5H,1,4H2,2H3;3H2,1-2H3;1H2. The van der Waals surface area contributed by atoms with Crippen LogP contribution in [0.3, 0.4) is 0 Å². The van der Waals surface area contributed by atoms with Gasteiger partial charge in [-0.05, 0) is 73.4 Å². The molecule has 2 atom stereocenters. The van der Waals surface area contributed by atoms with Gasteiger partial charge in [0.2, 0.25) is 17.7 Å². The highest BCUT2D eigenvalue weighted by Crippen LogP contribution is 2.24. The Labute approximate surface area is 272 Å². The molecule has 9 heteroatoms. The molecule has 0 aliphatic carbocycles. The summed E-state index contributed by atoms with van der Waals surface area (Å²) in [6.07, 6.45) is 8.16. The van der Waals surface area contributed by atoms with Crippen LogP contribution in [0.2, 0.25) is 0 Å². The number of allylic oxidation sites excluding steroid dienone is 1. The Morgan fingerprint density at radius 2 is 1.50 bits per heavy atom. The number of carbonyl (C=O) groups is 4. The van der Waals surface area contributed by atoms with Gasteiger partial charge in [0.25, 0.3) is 0 Å². The summed E-state index contributed by atoms with van der Waals surface area (Å²) in [6.45, 7) is 33.7. The fourth-order valence-electron chi connectivity index (χ4n) is 4.18. The summed E-state index contributed by atoms with van der Waals surface area (Å²) in [7, 11) is 3.69. The fourth-order valence-corrected chi connectivity index (χ4v) is 4.18. The molecular formula is C35H71N5O4. The normalized spacial score (nSPS) is 14.7. The SMILES string of the molecule is C=CCNC.C=O.CC(C)=CCN(C)C(=O)C(NC(=O)C1CCCCN1C(C)C)C(C)(C)C.CCC.CCN(CC)C(C)=O. The Hall–Kier alpha value is -2.52. The molecule has 9 nitrogen and oxygen atoms in total. The van der Waals surface area contributed by atoms with Crippen LogP contribution in [0.15, 0.2) is 24.3 Å². The highest BCUT2D eigenvalue weighted by atomic mass is 16.2. The van der Waals surface area contributed by atoms with Gasteiger partial charge in [-0.15, -0.1) is 6.58 Å². The van der Waals surface area contributed by atoms with Gasteiger partial charge < -0.3 is 25.2 Å². The number of carbonyl (C=O) groups excluding carboxylic acids is 4. The first kappa shape index (κ1) is 48.4. The van der Waals surface area contributed by atoms with Crippen molar-refractivity contribution in [3.63, 3.8) is 0 Å². The molecule has 0 radical (unpaired) electrons. The molecule has 0 aromatic rings. The minimum absolute atomic E-state index is 0.0118. The largest absolute Gasteiger partial charge is 0.343 e. The van der Waals surface area contributed by atoms with Crippen LogP contribution in [0, 0.1) is 5.41 Å². The zero-order chi connectivity index (χ0) is 35.5. The summed E-state index contributed by atoms with van der Waals surface area (Å²) in [5.41, 5.74) is 0.833. The average molecular weight is 626 g/mol. The summed E-state index contributed by atoms with van der Waals surface area (Å²) in [6, 6.07) is -0.332. The van der Waals surface area contributed by atoms with Crippen LogP contribution in [0.25, 0.3) is 0 Å². The molecule has 1 rings (SSSR count). The summed E-state index contributed by atoms with van der Waals surface area (Å²) in [5.74, 6) is 0.118. The molecule has 44 heavy (non-hydrogen) atoms. The Balaban J connectivity index is -0.000000363. The molecule has 0 saturated carbocycles. The number of hydrogen-bond donors (Lipinski definition) is 2. The molecule has 1 saturated heterocycles. The molecule has 0 aromatic heterocycles. The maximum atomic E-state index is 13.0. The van der Waals surface area contributed by atoms with Crippen LogP contribution in [0.5, 0.6) is 0 Å². The second-order valence-corrected chi connectivity index (χ2v) is 12.4. The Kier molecular flexibility index (Phi) is 32.1. The van der Waals surface area contributed by atoms with Gasteiger partial charge in [0.1, 0.15) is 12.8 Å². The van der Waals surface area contributed by atoms with E-state index in [9.17, 15) is 14.4 Å². The second-order valence-electron chi connectivity index (χ2n) is 12.4. The van der Waals surface area contributed by atoms with Crippen molar-refractivity contribution in [2.24, 2.45) is 5.41 Å². The van der Waals surface area contributed by atoms with Crippen molar-refractivity contribution in [2.45, 2.75) is 127 Å². The molecule has 2 unspecified atom stereocenters. The maximum absolute atomic E-state index is 13.0. The summed E-state index contributed by atoms with van der Waals surface area (Å²) < 4.78 is 0. The molecular weight excluding hydrogens is 554 g/mol. The Morgan fingerprint density at radius 1 is 1.00 bits per heavy atom. The van der Waals surface area contributed by atoms with Crippen LogP contribution in [-0.2, 0) is 19.2 Å². The predicted octanol–water partition coefficient (Wildman–Crippen LogP) is 5.70. The molecule has 260 valence electrons. The molecule has 1 aliphatic rings. The van der Waals surface area contributed by atoms with Gasteiger partial charge >= 0.3 is 0 Å². The van der Waals surface area contributed by atoms with Crippen LogP contribution >= 0.6 is 0 Å². The van der Waals surface area contributed by atoms with Crippen molar-refractivity contribution in [3.05, 3.63) is 24.3 Å². The number of nitrogens with one attached hydrogen (secondary N) is 2. The van der Waals surface area contributed by atoms with Crippen LogP contribution < -0.4 is 10.6 Å². The molecule has 1 fully saturated rings. The topological polar surface area (TPSA) is 102 Å². The fraction of sp³-hybridized carbons (Fsp3) is 0.771. The van der Waals surface area contributed by atoms with Gasteiger partial charge in [-0.2, -0.15) is 0 Å². The van der Waals surface area contributed by atoms with Gasteiger partial charge in [-0.1, -0.05) is 65.2 Å². The van der Waals surface area contributed by atoms with Crippen LogP contribution in [0.4, 0.5) is 0 Å². The third-order valence-corrected chi connectivity index (χ3v) is 6.62. The van der Waals surface area contributed by atoms with E-state index in [1.165, 1.54) is 12.0 Å². The van der Waals surface area contributed by atoms with Crippen molar-refractivity contribution in [2.75, 3.05) is 46.8 Å². The van der Waals surface area contributed by atoms with E-state index in [2.05, 4.69) is 49.8 Å². The zero-order valence-corrected chi connectivity index (χ0v) is 31.1. The van der Waals surface area contributed by atoms with Gasteiger partial charge in [0, 0.05) is 46.2 Å². The van der Waals surface area contributed by atoms with Gasteiger partial charge in [0.05, 0.1) is 6.04 Å². The number of likely N-dealkylation sites (N-methyl/N-ethyl adjacent to an activating group) is 2. The number of likely N-dealkylation sites (tertiary alicyclic amines) is 1. The van der Waals surface area contributed by atoms with E-state index in [0.29, 0.717) is 12.6 Å².